The van der Waals surface area contributed by atoms with Gasteiger partial charge < -0.3 is 15.2 Å². The minimum absolute atomic E-state index is 0. The Morgan fingerprint density at radius 1 is 1.28 bits per heavy atom. The second-order valence-corrected chi connectivity index (χ2v) is 7.40. The summed E-state index contributed by atoms with van der Waals surface area (Å²) in [7, 11) is 1.86. The summed E-state index contributed by atoms with van der Waals surface area (Å²) in [5.41, 5.74) is 1.20. The number of imidazole rings is 1. The molecule has 0 radical (unpaired) electrons. The van der Waals surface area contributed by atoms with Gasteiger partial charge in [-0.2, -0.15) is 0 Å². The molecule has 1 atom stereocenters. The predicted molar refractivity (Wildman–Crippen MR) is 112 cm³/mol. The molecule has 0 amide bonds. The molecule has 1 aromatic rings. The van der Waals surface area contributed by atoms with Gasteiger partial charge in [0.25, 0.3) is 0 Å². The van der Waals surface area contributed by atoms with Crippen LogP contribution in [0.25, 0.3) is 0 Å². The topological polar surface area (TPSA) is 57.5 Å². The number of nitrogens with one attached hydrogen (secondary N) is 2. The minimum Gasteiger partial charge on any atom is -0.356 e. The third kappa shape index (κ3) is 4.87. The Balaban J connectivity index is 0.00000182. The van der Waals surface area contributed by atoms with Crippen LogP contribution in [0, 0.1) is 0 Å². The van der Waals surface area contributed by atoms with Gasteiger partial charge >= 0.3 is 0 Å². The van der Waals surface area contributed by atoms with Crippen molar-refractivity contribution in [3.8, 4) is 0 Å². The Hall–Kier alpha value is -0.830. The van der Waals surface area contributed by atoms with E-state index in [0.29, 0.717) is 6.04 Å². The van der Waals surface area contributed by atoms with E-state index in [1.807, 2.05) is 7.05 Å². The minimum atomic E-state index is 0. The summed E-state index contributed by atoms with van der Waals surface area (Å²) >= 11 is 0. The van der Waals surface area contributed by atoms with Crippen LogP contribution in [0.5, 0.6) is 0 Å². The highest BCUT2D eigenvalue weighted by Gasteiger charge is 2.34. The molecule has 0 spiro atoms. The number of fused-ring (bicyclic) bond motifs is 1. The molecule has 7 heteroatoms. The zero-order chi connectivity index (χ0) is 16.4. The summed E-state index contributed by atoms with van der Waals surface area (Å²) in [6.07, 6.45) is 10.9. The normalized spacial score (nSPS) is 23.9. The van der Waals surface area contributed by atoms with E-state index in [0.717, 1.165) is 37.9 Å². The largest absolute Gasteiger partial charge is 0.356 e. The molecule has 25 heavy (non-hydrogen) atoms. The SMILES string of the molecule is CN=C(NCCc1cn2c(n1)CCCC2)NC1CCN(C2CC2)C1.I. The summed E-state index contributed by atoms with van der Waals surface area (Å²) in [4.78, 5) is 11.8. The van der Waals surface area contributed by atoms with Gasteiger partial charge in [0.05, 0.1) is 5.69 Å². The molecular formula is C18H31IN6. The number of halogens is 1. The van der Waals surface area contributed by atoms with Crippen LogP contribution < -0.4 is 10.6 Å². The first-order valence-corrected chi connectivity index (χ1v) is 9.58. The van der Waals surface area contributed by atoms with Crippen molar-refractivity contribution in [1.29, 1.82) is 0 Å². The third-order valence-corrected chi connectivity index (χ3v) is 5.48. The van der Waals surface area contributed by atoms with Crippen LogP contribution in [0.2, 0.25) is 0 Å². The molecule has 3 aliphatic rings. The van der Waals surface area contributed by atoms with Gasteiger partial charge in [0.2, 0.25) is 0 Å². The Kier molecular flexibility index (Phi) is 6.60. The first-order chi connectivity index (χ1) is 11.8. The lowest BCUT2D eigenvalue weighted by Crippen LogP contribution is -2.45. The summed E-state index contributed by atoms with van der Waals surface area (Å²) < 4.78 is 2.33. The Morgan fingerprint density at radius 2 is 2.16 bits per heavy atom. The van der Waals surface area contributed by atoms with E-state index >= 15 is 0 Å². The van der Waals surface area contributed by atoms with Gasteiger partial charge in [-0.1, -0.05) is 0 Å². The number of aromatic nitrogens is 2. The van der Waals surface area contributed by atoms with Crippen LogP contribution in [0.1, 0.15) is 43.6 Å². The molecule has 6 nitrogen and oxygen atoms in total. The molecule has 1 aromatic heterocycles. The van der Waals surface area contributed by atoms with Gasteiger partial charge in [0.1, 0.15) is 5.82 Å². The van der Waals surface area contributed by atoms with Crippen molar-refractivity contribution in [2.75, 3.05) is 26.7 Å². The number of hydrogen-bond acceptors (Lipinski definition) is 3. The fourth-order valence-corrected chi connectivity index (χ4v) is 3.97. The molecule has 1 unspecified atom stereocenters. The summed E-state index contributed by atoms with van der Waals surface area (Å²) in [6.45, 7) is 4.42. The second-order valence-electron chi connectivity index (χ2n) is 7.40. The molecule has 3 heterocycles. The van der Waals surface area contributed by atoms with Gasteiger partial charge in [-0.3, -0.25) is 9.89 Å². The quantitative estimate of drug-likeness (QED) is 0.402. The molecule has 2 aliphatic heterocycles. The Bertz CT molecular complexity index is 571. The maximum Gasteiger partial charge on any atom is 0.191 e. The fourth-order valence-electron chi connectivity index (χ4n) is 3.97. The zero-order valence-corrected chi connectivity index (χ0v) is 17.5. The van der Waals surface area contributed by atoms with E-state index in [1.54, 1.807) is 0 Å². The standard InChI is InChI=1S/C18H30N6.HI/c1-19-18(22-15-8-11-23(12-15)16-5-6-16)20-9-7-14-13-24-10-3-2-4-17(24)21-14;/h13,15-16H,2-12H2,1H3,(H2,19,20,22);1H. The van der Waals surface area contributed by atoms with Crippen molar-refractivity contribution in [1.82, 2.24) is 25.1 Å². The fraction of sp³-hybridized carbons (Fsp3) is 0.778. The number of aliphatic imine (C=N–C) groups is 1. The van der Waals surface area contributed by atoms with Crippen LogP contribution in [-0.2, 0) is 19.4 Å². The zero-order valence-electron chi connectivity index (χ0n) is 15.2. The number of rotatable bonds is 5. The highest BCUT2D eigenvalue weighted by molar-refractivity contribution is 14.0. The maximum absolute atomic E-state index is 4.77. The molecule has 0 bridgehead atoms. The third-order valence-electron chi connectivity index (χ3n) is 5.48. The van der Waals surface area contributed by atoms with E-state index in [1.165, 1.54) is 56.7 Å². The van der Waals surface area contributed by atoms with Gasteiger partial charge in [0.15, 0.2) is 5.96 Å². The van der Waals surface area contributed by atoms with Crippen LogP contribution in [0.3, 0.4) is 0 Å². The number of nitrogens with zero attached hydrogens (tertiary/aromatic N) is 4. The van der Waals surface area contributed by atoms with Crippen LogP contribution >= 0.6 is 24.0 Å². The van der Waals surface area contributed by atoms with Crippen molar-refractivity contribution in [2.24, 2.45) is 4.99 Å². The van der Waals surface area contributed by atoms with Crippen molar-refractivity contribution in [3.05, 3.63) is 17.7 Å². The van der Waals surface area contributed by atoms with E-state index < -0.39 is 0 Å². The lowest BCUT2D eigenvalue weighted by atomic mass is 10.2. The number of aryl methyl sites for hydroxylation is 2. The molecule has 2 fully saturated rings. The molecule has 1 saturated carbocycles. The van der Waals surface area contributed by atoms with E-state index in [9.17, 15) is 0 Å². The van der Waals surface area contributed by atoms with Gasteiger partial charge in [0, 0.05) is 64.3 Å². The van der Waals surface area contributed by atoms with Crippen LogP contribution in [0.15, 0.2) is 11.2 Å². The van der Waals surface area contributed by atoms with Crippen LogP contribution in [0.4, 0.5) is 0 Å². The lowest BCUT2D eigenvalue weighted by molar-refractivity contribution is 0.321. The maximum atomic E-state index is 4.77. The highest BCUT2D eigenvalue weighted by Crippen LogP contribution is 2.29. The summed E-state index contributed by atoms with van der Waals surface area (Å²) in [5, 5.41) is 7.04. The highest BCUT2D eigenvalue weighted by atomic mass is 127. The molecule has 0 aromatic carbocycles. The second kappa shape index (κ2) is 8.70. The van der Waals surface area contributed by atoms with E-state index in [-0.39, 0.29) is 24.0 Å². The number of guanidine groups is 1. The number of hydrogen-bond donors (Lipinski definition) is 2. The molecule has 4 rings (SSSR count). The lowest BCUT2D eigenvalue weighted by Gasteiger charge is -2.18. The van der Waals surface area contributed by atoms with E-state index in [4.69, 9.17) is 4.98 Å². The van der Waals surface area contributed by atoms with Crippen molar-refractivity contribution in [3.63, 3.8) is 0 Å². The molecule has 2 N–H and O–H groups in total. The average molecular weight is 458 g/mol. The van der Waals surface area contributed by atoms with E-state index in [2.05, 4.69) is 31.3 Å². The number of likely N-dealkylation sites (tertiary alicyclic amines) is 1. The summed E-state index contributed by atoms with van der Waals surface area (Å²) in [6, 6.07) is 1.41. The van der Waals surface area contributed by atoms with Crippen molar-refractivity contribution >= 4 is 29.9 Å². The molecule has 1 saturated heterocycles. The smallest absolute Gasteiger partial charge is 0.191 e. The van der Waals surface area contributed by atoms with Crippen molar-refractivity contribution in [2.45, 2.75) is 63.6 Å². The Morgan fingerprint density at radius 3 is 2.92 bits per heavy atom. The Labute approximate surface area is 167 Å². The average Bonchev–Trinajstić information content (AvgIpc) is 3.20. The first kappa shape index (κ1) is 18.9. The molecular weight excluding hydrogens is 427 g/mol. The molecule has 1 aliphatic carbocycles. The van der Waals surface area contributed by atoms with Gasteiger partial charge in [-0.05, 0) is 32.1 Å². The van der Waals surface area contributed by atoms with Gasteiger partial charge in [-0.25, -0.2) is 4.98 Å². The summed E-state index contributed by atoms with van der Waals surface area (Å²) in [5.74, 6) is 2.20. The predicted octanol–water partition coefficient (Wildman–Crippen LogP) is 1.78. The van der Waals surface area contributed by atoms with Crippen molar-refractivity contribution < 1.29 is 0 Å². The van der Waals surface area contributed by atoms with Gasteiger partial charge in [-0.15, -0.1) is 24.0 Å². The monoisotopic (exact) mass is 458 g/mol. The first-order valence-electron chi connectivity index (χ1n) is 9.58. The molecule has 140 valence electrons. The van der Waals surface area contributed by atoms with Crippen LogP contribution in [-0.4, -0.2) is 59.2 Å².